The smallest absolute Gasteiger partial charge is 0.252 e. The molecule has 2 aliphatic heterocycles. The van der Waals surface area contributed by atoms with E-state index < -0.39 is 15.6 Å². The van der Waals surface area contributed by atoms with Gasteiger partial charge in [0.15, 0.2) is 0 Å². The van der Waals surface area contributed by atoms with Gasteiger partial charge in [0.05, 0.1) is 11.6 Å². The van der Waals surface area contributed by atoms with Gasteiger partial charge in [-0.1, -0.05) is 0 Å². The molecule has 2 aromatic rings. The summed E-state index contributed by atoms with van der Waals surface area (Å²) in [4.78, 5) is 24.0. The topological polar surface area (TPSA) is 121 Å². The van der Waals surface area contributed by atoms with E-state index in [2.05, 4.69) is 20.2 Å². The monoisotopic (exact) mass is 502 g/mol. The van der Waals surface area contributed by atoms with Gasteiger partial charge in [-0.15, -0.1) is 0 Å². The molecule has 2 atom stereocenters. The minimum atomic E-state index is -3.42. The van der Waals surface area contributed by atoms with Gasteiger partial charge in [0.25, 0.3) is 5.56 Å². The molecule has 190 valence electrons. The lowest BCUT2D eigenvalue weighted by Gasteiger charge is -2.31. The highest BCUT2D eigenvalue weighted by Gasteiger charge is 2.39. The van der Waals surface area contributed by atoms with Crippen LogP contribution in [0.2, 0.25) is 0 Å². The Labute approximate surface area is 205 Å². The molecule has 2 N–H and O–H groups in total. The third kappa shape index (κ3) is 5.00. The van der Waals surface area contributed by atoms with E-state index in [1.807, 2.05) is 7.05 Å². The van der Waals surface area contributed by atoms with Gasteiger partial charge >= 0.3 is 0 Å². The number of hydrogen-bond donors (Lipinski definition) is 2. The van der Waals surface area contributed by atoms with Gasteiger partial charge in [-0.3, -0.25) is 9.36 Å². The number of rotatable bonds is 5. The van der Waals surface area contributed by atoms with Crippen molar-refractivity contribution in [2.75, 3.05) is 38.5 Å². The summed E-state index contributed by atoms with van der Waals surface area (Å²) in [6.07, 6.45) is 5.99. The highest BCUT2D eigenvalue weighted by Crippen LogP contribution is 2.39. The van der Waals surface area contributed by atoms with Crippen LogP contribution in [-0.4, -0.2) is 82.1 Å². The maximum atomic E-state index is 12.8. The second-order valence-corrected chi connectivity index (χ2v) is 12.2. The number of fused-ring (bicyclic) bond motifs is 1. The number of hydrogen-bond acceptors (Lipinski definition) is 8. The first kappa shape index (κ1) is 24.4. The average Bonchev–Trinajstić information content (AvgIpc) is 3.37. The lowest BCUT2D eigenvalue weighted by Crippen LogP contribution is -2.42. The Morgan fingerprint density at radius 2 is 1.97 bits per heavy atom. The van der Waals surface area contributed by atoms with E-state index in [1.165, 1.54) is 11.5 Å². The summed E-state index contributed by atoms with van der Waals surface area (Å²) in [6.45, 7) is 4.24. The highest BCUT2D eigenvalue weighted by atomic mass is 32.2. The fourth-order valence-corrected chi connectivity index (χ4v) is 7.09. The Hall–Kier alpha value is -2.34. The maximum Gasteiger partial charge on any atom is 0.252 e. The average molecular weight is 503 g/mol. The Kier molecular flexibility index (Phi) is 6.45. The zero-order valence-corrected chi connectivity index (χ0v) is 21.2. The number of nitrogens with zero attached hydrogens (tertiary/aromatic N) is 5. The van der Waals surface area contributed by atoms with Crippen molar-refractivity contribution in [2.45, 2.75) is 63.1 Å². The van der Waals surface area contributed by atoms with E-state index in [0.29, 0.717) is 50.5 Å². The van der Waals surface area contributed by atoms with E-state index in [4.69, 9.17) is 0 Å². The Balaban J connectivity index is 1.30. The van der Waals surface area contributed by atoms with Crippen LogP contribution in [0.1, 0.15) is 51.5 Å². The molecule has 3 aliphatic rings. The largest absolute Gasteiger partial charge is 0.388 e. The van der Waals surface area contributed by atoms with Crippen molar-refractivity contribution in [3.63, 3.8) is 0 Å². The molecule has 1 aliphatic carbocycles. The molecule has 3 fully saturated rings. The quantitative estimate of drug-likeness (QED) is 0.634. The van der Waals surface area contributed by atoms with Crippen molar-refractivity contribution in [2.24, 2.45) is 0 Å². The number of likely N-dealkylation sites (N-methyl/N-ethyl adjacent to an activating group) is 1. The van der Waals surface area contributed by atoms with Crippen LogP contribution in [0, 0.1) is 0 Å². The van der Waals surface area contributed by atoms with Crippen molar-refractivity contribution >= 4 is 27.0 Å². The third-order valence-corrected chi connectivity index (χ3v) is 9.32. The van der Waals surface area contributed by atoms with Crippen molar-refractivity contribution in [3.05, 3.63) is 39.7 Å². The standard InChI is InChI=1S/C24H34N6O4S/c1-24(32)10-3-4-20(24)30-21(31)6-5-18-14-25-23(27-22(18)30)26-19-8-12-29(13-9-19)35(33,34)16-17-7-11-28(2)15-17/h5-6,14,16,19-20,32H,3-4,7-13,15H2,1-2H3,(H,25,26,27)/b17-16+/t20-,24-/m1/s1. The van der Waals surface area contributed by atoms with Gasteiger partial charge in [0.2, 0.25) is 16.0 Å². The molecule has 0 bridgehead atoms. The first-order valence-corrected chi connectivity index (χ1v) is 13.9. The predicted octanol–water partition coefficient (Wildman–Crippen LogP) is 1.69. The summed E-state index contributed by atoms with van der Waals surface area (Å²) in [5.41, 5.74) is 0.327. The van der Waals surface area contributed by atoms with E-state index in [0.717, 1.165) is 36.8 Å². The van der Waals surface area contributed by atoms with E-state index >= 15 is 0 Å². The van der Waals surface area contributed by atoms with E-state index in [9.17, 15) is 18.3 Å². The molecule has 1 saturated carbocycles. The van der Waals surface area contributed by atoms with Crippen molar-refractivity contribution in [3.8, 4) is 0 Å². The summed E-state index contributed by atoms with van der Waals surface area (Å²) in [5, 5.41) is 16.4. The maximum absolute atomic E-state index is 12.8. The fourth-order valence-electron chi connectivity index (χ4n) is 5.61. The molecule has 5 rings (SSSR count). The molecule has 0 radical (unpaired) electrons. The van der Waals surface area contributed by atoms with Crippen molar-refractivity contribution < 1.29 is 13.5 Å². The zero-order chi connectivity index (χ0) is 24.8. The summed E-state index contributed by atoms with van der Waals surface area (Å²) in [5.74, 6) is 0.409. The summed E-state index contributed by atoms with van der Waals surface area (Å²) in [6, 6.07) is 2.91. The van der Waals surface area contributed by atoms with Crippen LogP contribution in [0.5, 0.6) is 0 Å². The molecule has 2 aromatic heterocycles. The molecule has 0 amide bonds. The van der Waals surface area contributed by atoms with Crippen LogP contribution < -0.4 is 10.9 Å². The highest BCUT2D eigenvalue weighted by molar-refractivity contribution is 7.92. The number of sulfonamides is 1. The molecule has 4 heterocycles. The van der Waals surface area contributed by atoms with Crippen molar-refractivity contribution in [1.29, 1.82) is 0 Å². The minimum Gasteiger partial charge on any atom is -0.388 e. The number of aromatic nitrogens is 3. The Morgan fingerprint density at radius 1 is 1.20 bits per heavy atom. The molecule has 35 heavy (non-hydrogen) atoms. The van der Waals surface area contributed by atoms with Gasteiger partial charge in [0, 0.05) is 55.3 Å². The first-order chi connectivity index (χ1) is 16.6. The first-order valence-electron chi connectivity index (χ1n) is 12.4. The molecule has 11 heteroatoms. The third-order valence-electron chi connectivity index (χ3n) is 7.61. The number of anilines is 1. The number of likely N-dealkylation sites (tertiary alicyclic amines) is 1. The van der Waals surface area contributed by atoms with E-state index in [1.54, 1.807) is 28.1 Å². The van der Waals surface area contributed by atoms with Gasteiger partial charge < -0.3 is 15.3 Å². The lowest BCUT2D eigenvalue weighted by atomic mass is 10.00. The molecule has 2 saturated heterocycles. The minimum absolute atomic E-state index is 0.0302. The summed E-state index contributed by atoms with van der Waals surface area (Å²) < 4.78 is 28.8. The van der Waals surface area contributed by atoms with Crippen LogP contribution in [0.3, 0.4) is 0 Å². The van der Waals surface area contributed by atoms with Gasteiger partial charge in [0.1, 0.15) is 5.65 Å². The lowest BCUT2D eigenvalue weighted by molar-refractivity contribution is 0.0267. The molecule has 0 spiro atoms. The van der Waals surface area contributed by atoms with E-state index in [-0.39, 0.29) is 17.6 Å². The van der Waals surface area contributed by atoms with Gasteiger partial charge in [-0.25, -0.2) is 13.4 Å². The van der Waals surface area contributed by atoms with Crippen molar-refractivity contribution in [1.82, 2.24) is 23.7 Å². The van der Waals surface area contributed by atoms with Crippen LogP contribution in [0.25, 0.3) is 11.0 Å². The summed E-state index contributed by atoms with van der Waals surface area (Å²) in [7, 11) is -1.43. The number of pyridine rings is 1. The van der Waals surface area contributed by atoms with Crippen LogP contribution in [-0.2, 0) is 10.0 Å². The molecule has 10 nitrogen and oxygen atoms in total. The molecule has 0 aromatic carbocycles. The van der Waals surface area contributed by atoms with Crippen LogP contribution in [0.15, 0.2) is 34.1 Å². The van der Waals surface area contributed by atoms with Gasteiger partial charge in [-0.05, 0) is 64.1 Å². The van der Waals surface area contributed by atoms with Crippen LogP contribution in [0.4, 0.5) is 5.95 Å². The number of piperidine rings is 1. The van der Waals surface area contributed by atoms with Gasteiger partial charge in [-0.2, -0.15) is 9.29 Å². The number of aliphatic hydroxyl groups is 1. The second kappa shape index (κ2) is 9.27. The molecule has 0 unspecified atom stereocenters. The summed E-state index contributed by atoms with van der Waals surface area (Å²) >= 11 is 0. The number of nitrogens with one attached hydrogen (secondary N) is 1. The second-order valence-electron chi connectivity index (χ2n) is 10.4. The molecular weight excluding hydrogens is 468 g/mol. The predicted molar refractivity (Wildman–Crippen MR) is 135 cm³/mol. The Bertz CT molecular complexity index is 1300. The zero-order valence-electron chi connectivity index (χ0n) is 20.4. The van der Waals surface area contributed by atoms with Crippen LogP contribution >= 0.6 is 0 Å². The fraction of sp³-hybridized carbons (Fsp3) is 0.625. The molecular formula is C24H34N6O4S. The normalized spacial score (nSPS) is 28.3. The SMILES string of the molecule is CN1CC/C(=C\S(=O)(=O)N2CCC(Nc3ncc4ccc(=O)n([C@@H]5CCC[C@@]5(C)O)c4n3)CC2)C1. The Morgan fingerprint density at radius 3 is 2.63 bits per heavy atom.